The molecule has 134 valence electrons. The number of β-amino-alcohol motifs (C(OH)–C–C–N with tert-alkyl or cyclic N) is 1. The maximum Gasteiger partial charge on any atom is 0.127 e. The van der Waals surface area contributed by atoms with Gasteiger partial charge in [-0.15, -0.1) is 0 Å². The van der Waals surface area contributed by atoms with Crippen molar-refractivity contribution in [1.29, 1.82) is 0 Å². The van der Waals surface area contributed by atoms with Gasteiger partial charge >= 0.3 is 0 Å². The molecule has 0 spiro atoms. The number of likely N-dealkylation sites (tertiary alicyclic amines) is 1. The average Bonchev–Trinajstić information content (AvgIpc) is 3.08. The molecule has 0 amide bonds. The van der Waals surface area contributed by atoms with E-state index in [0.29, 0.717) is 6.54 Å². The molecule has 0 aromatic heterocycles. The summed E-state index contributed by atoms with van der Waals surface area (Å²) in [6.45, 7) is 1.58. The Labute approximate surface area is 157 Å². The molecule has 1 N–H and O–H groups in total. The molecule has 25 heavy (non-hydrogen) atoms. The van der Waals surface area contributed by atoms with Crippen molar-refractivity contribution in [3.05, 3.63) is 58.1 Å². The first-order valence-electron chi connectivity index (χ1n) is 8.52. The van der Waals surface area contributed by atoms with Crippen LogP contribution in [0.25, 0.3) is 0 Å². The van der Waals surface area contributed by atoms with E-state index in [-0.39, 0.29) is 6.04 Å². The lowest BCUT2D eigenvalue weighted by molar-refractivity contribution is 0.105. The zero-order valence-electron chi connectivity index (χ0n) is 14.6. The normalized spacial score (nSPS) is 19.0. The van der Waals surface area contributed by atoms with Gasteiger partial charge in [-0.25, -0.2) is 0 Å². The summed E-state index contributed by atoms with van der Waals surface area (Å²) in [5.41, 5.74) is 2.09. The first-order valence-corrected chi connectivity index (χ1v) is 9.31. The van der Waals surface area contributed by atoms with Crippen LogP contribution in [0.4, 0.5) is 0 Å². The van der Waals surface area contributed by atoms with Gasteiger partial charge in [0.1, 0.15) is 11.5 Å². The number of nitrogens with zero attached hydrogens (tertiary/aromatic N) is 1. The molecule has 2 aromatic rings. The van der Waals surface area contributed by atoms with E-state index in [4.69, 9.17) is 9.47 Å². The Hall–Kier alpha value is -1.56. The SMILES string of the molecule is COc1ccc([C@H]2CCCN2C[C@@H](O)c2cccc(Br)c2)c(OC)c1. The van der Waals surface area contributed by atoms with Crippen molar-refractivity contribution in [2.75, 3.05) is 27.3 Å². The Bertz CT molecular complexity index is 722. The van der Waals surface area contributed by atoms with E-state index in [1.54, 1.807) is 14.2 Å². The van der Waals surface area contributed by atoms with Crippen LogP contribution >= 0.6 is 15.9 Å². The third-order valence-electron chi connectivity index (χ3n) is 4.80. The van der Waals surface area contributed by atoms with E-state index < -0.39 is 6.10 Å². The first kappa shape index (κ1) is 18.2. The smallest absolute Gasteiger partial charge is 0.127 e. The fraction of sp³-hybridized carbons (Fsp3) is 0.400. The van der Waals surface area contributed by atoms with Gasteiger partial charge in [-0.1, -0.05) is 34.1 Å². The molecule has 4 nitrogen and oxygen atoms in total. The lowest BCUT2D eigenvalue weighted by Gasteiger charge is -2.28. The van der Waals surface area contributed by atoms with E-state index in [2.05, 4.69) is 26.9 Å². The van der Waals surface area contributed by atoms with Crippen LogP contribution in [0, 0.1) is 0 Å². The molecule has 3 rings (SSSR count). The standard InChI is InChI=1S/C20H24BrNO3/c1-24-16-8-9-17(20(12-16)25-2)18-7-4-10-22(18)13-19(23)14-5-3-6-15(21)11-14/h3,5-6,8-9,11-12,18-19,23H,4,7,10,13H2,1-2H3/t18-,19-/m1/s1. The molecule has 1 aliphatic heterocycles. The molecule has 1 saturated heterocycles. The van der Waals surface area contributed by atoms with Crippen molar-refractivity contribution in [3.8, 4) is 11.5 Å². The highest BCUT2D eigenvalue weighted by atomic mass is 79.9. The van der Waals surface area contributed by atoms with Gasteiger partial charge in [0.2, 0.25) is 0 Å². The molecular weight excluding hydrogens is 382 g/mol. The molecule has 1 aliphatic rings. The molecular formula is C20H24BrNO3. The lowest BCUT2D eigenvalue weighted by atomic mass is 10.0. The Balaban J connectivity index is 1.79. The van der Waals surface area contributed by atoms with E-state index in [0.717, 1.165) is 46.5 Å². The molecule has 2 aromatic carbocycles. The zero-order chi connectivity index (χ0) is 17.8. The first-order chi connectivity index (χ1) is 12.1. The topological polar surface area (TPSA) is 41.9 Å². The van der Waals surface area contributed by atoms with Crippen LogP contribution in [0.15, 0.2) is 46.9 Å². The highest BCUT2D eigenvalue weighted by Crippen LogP contribution is 2.39. The van der Waals surface area contributed by atoms with Gasteiger partial charge in [-0.2, -0.15) is 0 Å². The van der Waals surface area contributed by atoms with Crippen molar-refractivity contribution in [1.82, 2.24) is 4.90 Å². The van der Waals surface area contributed by atoms with Crippen LogP contribution in [0.2, 0.25) is 0 Å². The largest absolute Gasteiger partial charge is 0.497 e. The summed E-state index contributed by atoms with van der Waals surface area (Å²) in [4.78, 5) is 2.34. The van der Waals surface area contributed by atoms with Crippen LogP contribution in [-0.4, -0.2) is 37.3 Å². The summed E-state index contributed by atoms with van der Waals surface area (Å²) in [6.07, 6.45) is 1.67. The molecule has 0 aliphatic carbocycles. The van der Waals surface area contributed by atoms with Crippen LogP contribution < -0.4 is 9.47 Å². The summed E-state index contributed by atoms with van der Waals surface area (Å²) in [5, 5.41) is 10.7. The molecule has 1 heterocycles. The highest BCUT2D eigenvalue weighted by molar-refractivity contribution is 9.10. The summed E-state index contributed by atoms with van der Waals surface area (Å²) < 4.78 is 11.9. The van der Waals surface area contributed by atoms with E-state index in [1.165, 1.54) is 0 Å². The summed E-state index contributed by atoms with van der Waals surface area (Å²) in [6, 6.07) is 14.1. The Morgan fingerprint density at radius 2 is 2.04 bits per heavy atom. The van der Waals surface area contributed by atoms with Gasteiger partial charge in [0.05, 0.1) is 20.3 Å². The van der Waals surface area contributed by atoms with E-state index in [1.807, 2.05) is 36.4 Å². The number of rotatable bonds is 6. The minimum Gasteiger partial charge on any atom is -0.497 e. The van der Waals surface area contributed by atoms with Gasteiger partial charge in [0, 0.05) is 28.7 Å². The number of aliphatic hydroxyl groups is 1. The Morgan fingerprint density at radius 1 is 1.20 bits per heavy atom. The third kappa shape index (κ3) is 4.17. The van der Waals surface area contributed by atoms with E-state index >= 15 is 0 Å². The second-order valence-corrected chi connectivity index (χ2v) is 7.25. The second kappa shape index (κ2) is 8.21. The number of hydrogen-bond acceptors (Lipinski definition) is 4. The number of methoxy groups -OCH3 is 2. The van der Waals surface area contributed by atoms with Gasteiger partial charge in [-0.05, 0) is 43.1 Å². The number of benzene rings is 2. The van der Waals surface area contributed by atoms with Crippen molar-refractivity contribution in [2.45, 2.75) is 25.0 Å². The fourth-order valence-electron chi connectivity index (χ4n) is 3.53. The minimum absolute atomic E-state index is 0.252. The van der Waals surface area contributed by atoms with Gasteiger partial charge in [0.25, 0.3) is 0 Å². The molecule has 5 heteroatoms. The Morgan fingerprint density at radius 3 is 2.76 bits per heavy atom. The van der Waals surface area contributed by atoms with Crippen LogP contribution in [-0.2, 0) is 0 Å². The Kier molecular flexibility index (Phi) is 5.99. The monoisotopic (exact) mass is 405 g/mol. The van der Waals surface area contributed by atoms with Gasteiger partial charge in [-0.3, -0.25) is 4.90 Å². The van der Waals surface area contributed by atoms with Crippen LogP contribution in [0.5, 0.6) is 11.5 Å². The maximum atomic E-state index is 10.7. The summed E-state index contributed by atoms with van der Waals surface area (Å²) in [7, 11) is 3.35. The predicted octanol–water partition coefficient (Wildman–Crippen LogP) is 4.34. The quantitative estimate of drug-likeness (QED) is 0.775. The number of ether oxygens (including phenoxy) is 2. The summed E-state index contributed by atoms with van der Waals surface area (Å²) in [5.74, 6) is 1.63. The van der Waals surface area contributed by atoms with E-state index in [9.17, 15) is 5.11 Å². The maximum absolute atomic E-state index is 10.7. The number of aliphatic hydroxyl groups excluding tert-OH is 1. The molecule has 2 atom stereocenters. The number of halogens is 1. The summed E-state index contributed by atoms with van der Waals surface area (Å²) >= 11 is 3.47. The van der Waals surface area contributed by atoms with Crippen molar-refractivity contribution in [3.63, 3.8) is 0 Å². The fourth-order valence-corrected chi connectivity index (χ4v) is 3.95. The second-order valence-electron chi connectivity index (χ2n) is 6.33. The molecule has 0 saturated carbocycles. The third-order valence-corrected chi connectivity index (χ3v) is 5.30. The minimum atomic E-state index is -0.512. The van der Waals surface area contributed by atoms with Gasteiger partial charge < -0.3 is 14.6 Å². The van der Waals surface area contributed by atoms with Gasteiger partial charge in [0.15, 0.2) is 0 Å². The lowest BCUT2D eigenvalue weighted by Crippen LogP contribution is -2.28. The van der Waals surface area contributed by atoms with Crippen LogP contribution in [0.1, 0.15) is 36.1 Å². The predicted molar refractivity (Wildman–Crippen MR) is 102 cm³/mol. The molecule has 0 unspecified atom stereocenters. The average molecular weight is 406 g/mol. The van der Waals surface area contributed by atoms with Crippen molar-refractivity contribution < 1.29 is 14.6 Å². The molecule has 0 bridgehead atoms. The van der Waals surface area contributed by atoms with Crippen molar-refractivity contribution in [2.24, 2.45) is 0 Å². The zero-order valence-corrected chi connectivity index (χ0v) is 16.2. The number of hydrogen-bond donors (Lipinski definition) is 1. The van der Waals surface area contributed by atoms with Crippen LogP contribution in [0.3, 0.4) is 0 Å². The molecule has 1 fully saturated rings. The highest BCUT2D eigenvalue weighted by Gasteiger charge is 2.30. The van der Waals surface area contributed by atoms with Crippen molar-refractivity contribution >= 4 is 15.9 Å². The molecule has 0 radical (unpaired) electrons.